The maximum absolute atomic E-state index is 10.7. The van der Waals surface area contributed by atoms with Crippen molar-refractivity contribution in [1.82, 2.24) is 0 Å². The summed E-state index contributed by atoms with van der Waals surface area (Å²) >= 11 is 0. The van der Waals surface area contributed by atoms with E-state index in [4.69, 9.17) is 13.0 Å². The number of hydrogen-bond acceptors (Lipinski definition) is 3. The summed E-state index contributed by atoms with van der Waals surface area (Å²) in [5.74, 6) is 0. The summed E-state index contributed by atoms with van der Waals surface area (Å²) < 4.78 is 58.9. The third-order valence-electron chi connectivity index (χ3n) is 1.35. The van der Waals surface area contributed by atoms with Crippen molar-refractivity contribution in [1.29, 1.82) is 0 Å². The predicted molar refractivity (Wildman–Crippen MR) is 36.6 cm³/mol. The molecule has 1 rings (SSSR count). The number of halogens is 3. The molecule has 0 aromatic heterocycles. The van der Waals surface area contributed by atoms with Crippen LogP contribution < -0.4 is 5.32 Å². The molecule has 1 aliphatic rings. The van der Waals surface area contributed by atoms with Gasteiger partial charge in [-0.2, -0.15) is 13.2 Å². The number of alkyl halides is 3. The molecule has 0 saturated carbocycles. The van der Waals surface area contributed by atoms with Gasteiger partial charge < -0.3 is 9.87 Å². The molecule has 1 fully saturated rings. The third-order valence-corrected chi connectivity index (χ3v) is 1.92. The van der Waals surface area contributed by atoms with E-state index in [2.05, 4.69) is 5.32 Å². The maximum atomic E-state index is 10.7. The van der Waals surface area contributed by atoms with Gasteiger partial charge in [-0.1, -0.05) is 0 Å². The first-order chi connectivity index (χ1) is 5.75. The topological polar surface area (TPSA) is 73.8 Å². The molecule has 0 aliphatic carbocycles. The molecule has 1 saturated heterocycles. The van der Waals surface area contributed by atoms with Gasteiger partial charge in [0.25, 0.3) is 0 Å². The van der Waals surface area contributed by atoms with Crippen LogP contribution in [-0.2, 0) is 10.1 Å². The lowest BCUT2D eigenvalue weighted by Gasteiger charge is -2.08. The molecule has 13 heavy (non-hydrogen) atoms. The Hall–Kier alpha value is -0.340. The lowest BCUT2D eigenvalue weighted by molar-refractivity contribution is -0.635. The highest BCUT2D eigenvalue weighted by Gasteiger charge is 2.36. The van der Waals surface area contributed by atoms with E-state index in [9.17, 15) is 13.2 Å². The normalized spacial score (nSPS) is 17.8. The Morgan fingerprint density at radius 1 is 1.15 bits per heavy atom. The molecule has 8 heteroatoms. The molecule has 0 radical (unpaired) electrons. The molecule has 1 heterocycles. The Bertz CT molecular complexity index is 224. The molecule has 2 N–H and O–H groups in total. The standard InChI is InChI=1S/C4H9N.CHF3O3S/c1-2-4-5-3-1;2-1(3,4)8(5,6)7/h5H,1-4H2;(H,5,6,7). The summed E-state index contributed by atoms with van der Waals surface area (Å²) in [5, 5.41) is 2.36. The zero-order valence-corrected chi connectivity index (χ0v) is 7.49. The van der Waals surface area contributed by atoms with Crippen LogP contribution in [-0.4, -0.2) is 31.6 Å². The van der Waals surface area contributed by atoms with Gasteiger partial charge in [-0.25, -0.2) is 8.42 Å². The molecule has 1 aliphatic heterocycles. The molecule has 0 atom stereocenters. The van der Waals surface area contributed by atoms with Crippen LogP contribution in [0.3, 0.4) is 0 Å². The Kier molecular flexibility index (Phi) is 4.65. The number of rotatable bonds is 0. The average molecular weight is 221 g/mol. The quantitative estimate of drug-likeness (QED) is 0.438. The van der Waals surface area contributed by atoms with Gasteiger partial charge in [-0.05, 0) is 0 Å². The van der Waals surface area contributed by atoms with Crippen LogP contribution in [0.4, 0.5) is 13.2 Å². The smallest absolute Gasteiger partial charge is 0.485 e. The predicted octanol–water partition coefficient (Wildman–Crippen LogP) is -0.605. The Morgan fingerprint density at radius 3 is 1.54 bits per heavy atom. The second-order valence-corrected chi connectivity index (χ2v) is 3.84. The van der Waals surface area contributed by atoms with E-state index in [0.29, 0.717) is 0 Å². The fourth-order valence-electron chi connectivity index (χ4n) is 0.722. The van der Waals surface area contributed by atoms with Crippen molar-refractivity contribution >= 4 is 10.1 Å². The van der Waals surface area contributed by atoms with Crippen molar-refractivity contribution in [3.63, 3.8) is 0 Å². The summed E-state index contributed by atoms with van der Waals surface area (Å²) in [6, 6.07) is 0. The Morgan fingerprint density at radius 2 is 1.46 bits per heavy atom. The number of quaternary nitrogens is 1. The van der Waals surface area contributed by atoms with Gasteiger partial charge in [0.1, 0.15) is 0 Å². The molecule has 0 bridgehead atoms. The molecule has 0 unspecified atom stereocenters. The minimum absolute atomic E-state index is 1.38. The van der Waals surface area contributed by atoms with Crippen LogP contribution in [0.25, 0.3) is 0 Å². The number of nitrogens with two attached hydrogens (primary N) is 1. The number of hydrogen-bond donors (Lipinski definition) is 1. The van der Waals surface area contributed by atoms with Crippen LogP contribution in [0.2, 0.25) is 0 Å². The van der Waals surface area contributed by atoms with Crippen LogP contribution in [0.5, 0.6) is 0 Å². The van der Waals surface area contributed by atoms with Gasteiger partial charge in [0.05, 0.1) is 13.1 Å². The second-order valence-electron chi connectivity index (χ2n) is 2.47. The largest absolute Gasteiger partial charge is 0.741 e. The summed E-state index contributed by atoms with van der Waals surface area (Å²) in [4.78, 5) is 0. The zero-order valence-electron chi connectivity index (χ0n) is 6.67. The van der Waals surface area contributed by atoms with Crippen molar-refractivity contribution in [2.24, 2.45) is 0 Å². The zero-order chi connectivity index (χ0) is 10.5. The summed E-state index contributed by atoms with van der Waals surface area (Å²) in [6.07, 6.45) is 2.89. The summed E-state index contributed by atoms with van der Waals surface area (Å²) in [7, 11) is -6.09. The summed E-state index contributed by atoms with van der Waals surface area (Å²) in [6.45, 7) is 2.75. The van der Waals surface area contributed by atoms with E-state index in [-0.39, 0.29) is 0 Å². The van der Waals surface area contributed by atoms with E-state index in [0.717, 1.165) is 0 Å². The fourth-order valence-corrected chi connectivity index (χ4v) is 0.722. The van der Waals surface area contributed by atoms with E-state index in [1.807, 2.05) is 0 Å². The molecule has 80 valence electrons. The van der Waals surface area contributed by atoms with Crippen molar-refractivity contribution in [3.8, 4) is 0 Å². The first-order valence-corrected chi connectivity index (χ1v) is 5.00. The molecular weight excluding hydrogens is 211 g/mol. The van der Waals surface area contributed by atoms with Crippen molar-refractivity contribution in [2.75, 3.05) is 13.1 Å². The van der Waals surface area contributed by atoms with E-state index in [1.54, 1.807) is 0 Å². The Labute approximate surface area is 73.9 Å². The van der Waals surface area contributed by atoms with Gasteiger partial charge in [0, 0.05) is 12.8 Å². The minimum Gasteiger partial charge on any atom is -0.741 e. The van der Waals surface area contributed by atoms with Gasteiger partial charge in [-0.3, -0.25) is 0 Å². The van der Waals surface area contributed by atoms with Crippen LogP contribution in [0.1, 0.15) is 12.8 Å². The molecule has 0 aromatic carbocycles. The lowest BCUT2D eigenvalue weighted by Crippen LogP contribution is -2.80. The average Bonchev–Trinajstić information content (AvgIpc) is 2.35. The van der Waals surface area contributed by atoms with E-state index < -0.39 is 15.6 Å². The molecule has 0 amide bonds. The Balaban J connectivity index is 0.000000243. The third kappa shape index (κ3) is 5.83. The summed E-state index contributed by atoms with van der Waals surface area (Å²) in [5.41, 5.74) is -5.65. The van der Waals surface area contributed by atoms with E-state index >= 15 is 0 Å². The van der Waals surface area contributed by atoms with Crippen molar-refractivity contribution < 1.29 is 31.5 Å². The van der Waals surface area contributed by atoms with Crippen molar-refractivity contribution in [3.05, 3.63) is 0 Å². The van der Waals surface area contributed by atoms with Gasteiger partial charge in [-0.15, -0.1) is 0 Å². The highest BCUT2D eigenvalue weighted by molar-refractivity contribution is 7.86. The monoisotopic (exact) mass is 221 g/mol. The molecule has 4 nitrogen and oxygen atoms in total. The highest BCUT2D eigenvalue weighted by atomic mass is 32.2. The van der Waals surface area contributed by atoms with Crippen LogP contribution in [0.15, 0.2) is 0 Å². The van der Waals surface area contributed by atoms with Gasteiger partial charge in [0.15, 0.2) is 10.1 Å². The molecule has 0 aromatic rings. The van der Waals surface area contributed by atoms with Crippen molar-refractivity contribution in [2.45, 2.75) is 18.3 Å². The maximum Gasteiger partial charge on any atom is 0.485 e. The second kappa shape index (κ2) is 4.77. The highest BCUT2D eigenvalue weighted by Crippen LogP contribution is 2.20. The first-order valence-electron chi connectivity index (χ1n) is 3.59. The lowest BCUT2D eigenvalue weighted by atomic mass is 10.4. The van der Waals surface area contributed by atoms with Crippen LogP contribution in [0, 0.1) is 0 Å². The van der Waals surface area contributed by atoms with Gasteiger partial charge in [0.2, 0.25) is 0 Å². The van der Waals surface area contributed by atoms with Gasteiger partial charge >= 0.3 is 5.51 Å². The van der Waals surface area contributed by atoms with E-state index in [1.165, 1.54) is 25.9 Å². The molecule has 0 spiro atoms. The fraction of sp³-hybridized carbons (Fsp3) is 1.00. The minimum atomic E-state index is -6.09. The molecular formula is C5H10F3NO3S. The first kappa shape index (κ1) is 12.7. The van der Waals surface area contributed by atoms with Crippen LogP contribution >= 0.6 is 0 Å². The SMILES string of the molecule is C1CC[NH2+]C1.O=S(=O)([O-])C(F)(F)F.